The second-order valence-corrected chi connectivity index (χ2v) is 7.77. The number of carbonyl (C=O) groups excluding carboxylic acids is 1. The third-order valence-corrected chi connectivity index (χ3v) is 5.10. The van der Waals surface area contributed by atoms with Gasteiger partial charge < -0.3 is 10.5 Å². The molecule has 0 unspecified atom stereocenters. The number of ether oxygens (including phenoxy) is 1. The van der Waals surface area contributed by atoms with Gasteiger partial charge in [0, 0.05) is 6.42 Å². The zero-order chi connectivity index (χ0) is 19.1. The van der Waals surface area contributed by atoms with Crippen molar-refractivity contribution in [1.82, 2.24) is 0 Å². The molecule has 3 nitrogen and oxygen atoms in total. The number of esters is 1. The number of rotatable bonds is 21. The van der Waals surface area contributed by atoms with Crippen LogP contribution in [0.15, 0.2) is 0 Å². The van der Waals surface area contributed by atoms with Gasteiger partial charge in [-0.25, -0.2) is 0 Å². The molecule has 0 bridgehead atoms. The van der Waals surface area contributed by atoms with Gasteiger partial charge >= 0.3 is 5.97 Å². The standard InChI is InChI=1S/C23H47NO2/c1-2-3-4-5-6-7-8-9-10-11-12-13-16-19-22-26-23(25)20-17-14-15-18-21-24/h2-22,24H2,1H3. The summed E-state index contributed by atoms with van der Waals surface area (Å²) < 4.78 is 5.29. The van der Waals surface area contributed by atoms with Crippen LogP contribution >= 0.6 is 0 Å². The Hall–Kier alpha value is -0.570. The third-order valence-electron chi connectivity index (χ3n) is 5.10. The largest absolute Gasteiger partial charge is 0.466 e. The molecule has 3 heteroatoms. The summed E-state index contributed by atoms with van der Waals surface area (Å²) in [5.74, 6) is -0.0209. The van der Waals surface area contributed by atoms with Crippen molar-refractivity contribution in [2.45, 2.75) is 129 Å². The number of carbonyl (C=O) groups is 1. The van der Waals surface area contributed by atoms with Gasteiger partial charge in [-0.2, -0.15) is 0 Å². The maximum atomic E-state index is 11.6. The number of hydrogen-bond donors (Lipinski definition) is 1. The van der Waals surface area contributed by atoms with Crippen molar-refractivity contribution in [2.24, 2.45) is 5.73 Å². The Morgan fingerprint density at radius 1 is 0.615 bits per heavy atom. The molecular weight excluding hydrogens is 322 g/mol. The third kappa shape index (κ3) is 21.5. The molecule has 0 radical (unpaired) electrons. The highest BCUT2D eigenvalue weighted by atomic mass is 16.5. The van der Waals surface area contributed by atoms with Crippen LogP contribution < -0.4 is 5.73 Å². The molecule has 0 aliphatic heterocycles. The molecule has 2 N–H and O–H groups in total. The van der Waals surface area contributed by atoms with Gasteiger partial charge in [0.2, 0.25) is 0 Å². The van der Waals surface area contributed by atoms with Crippen molar-refractivity contribution in [3.05, 3.63) is 0 Å². The lowest BCUT2D eigenvalue weighted by Gasteiger charge is -2.05. The molecule has 0 fully saturated rings. The van der Waals surface area contributed by atoms with E-state index in [2.05, 4.69) is 6.92 Å². The van der Waals surface area contributed by atoms with Crippen LogP contribution in [0.4, 0.5) is 0 Å². The van der Waals surface area contributed by atoms with E-state index < -0.39 is 0 Å². The van der Waals surface area contributed by atoms with Gasteiger partial charge in [0.25, 0.3) is 0 Å². The van der Waals surface area contributed by atoms with Crippen molar-refractivity contribution in [3.8, 4) is 0 Å². The summed E-state index contributed by atoms with van der Waals surface area (Å²) in [5, 5.41) is 0. The van der Waals surface area contributed by atoms with Gasteiger partial charge in [-0.15, -0.1) is 0 Å². The molecule has 0 aromatic rings. The molecule has 0 aromatic carbocycles. The fourth-order valence-electron chi connectivity index (χ4n) is 3.32. The molecule has 0 spiro atoms. The van der Waals surface area contributed by atoms with Gasteiger partial charge in [0.15, 0.2) is 0 Å². The Balaban J connectivity index is 3.09. The van der Waals surface area contributed by atoms with Crippen LogP contribution in [-0.2, 0) is 9.53 Å². The minimum Gasteiger partial charge on any atom is -0.466 e. The maximum Gasteiger partial charge on any atom is 0.305 e. The lowest BCUT2D eigenvalue weighted by atomic mass is 10.0. The summed E-state index contributed by atoms with van der Waals surface area (Å²) in [5.41, 5.74) is 5.45. The van der Waals surface area contributed by atoms with Crippen LogP contribution in [0, 0.1) is 0 Å². The smallest absolute Gasteiger partial charge is 0.305 e. The minimum atomic E-state index is -0.0209. The topological polar surface area (TPSA) is 52.3 Å². The molecule has 0 saturated carbocycles. The highest BCUT2D eigenvalue weighted by molar-refractivity contribution is 5.69. The molecule has 26 heavy (non-hydrogen) atoms. The Bertz CT molecular complexity index is 281. The van der Waals surface area contributed by atoms with E-state index in [1.54, 1.807) is 0 Å². The molecule has 0 aromatic heterocycles. The molecule has 0 aliphatic carbocycles. The van der Waals surface area contributed by atoms with E-state index in [-0.39, 0.29) is 5.97 Å². The second kappa shape index (κ2) is 22.5. The number of hydrogen-bond acceptors (Lipinski definition) is 3. The lowest BCUT2D eigenvalue weighted by Crippen LogP contribution is -2.05. The molecule has 0 amide bonds. The Kier molecular flexibility index (Phi) is 22.0. The molecule has 0 rings (SSSR count). The summed E-state index contributed by atoms with van der Waals surface area (Å²) in [6.45, 7) is 3.64. The van der Waals surface area contributed by atoms with E-state index in [1.807, 2.05) is 0 Å². The fourth-order valence-corrected chi connectivity index (χ4v) is 3.32. The first-order chi connectivity index (χ1) is 12.8. The molecule has 0 aliphatic rings. The first-order valence-electron chi connectivity index (χ1n) is 11.7. The highest BCUT2D eigenvalue weighted by Crippen LogP contribution is 2.13. The number of nitrogens with two attached hydrogens (primary N) is 1. The summed E-state index contributed by atoms with van der Waals surface area (Å²) in [6, 6.07) is 0. The van der Waals surface area contributed by atoms with E-state index >= 15 is 0 Å². The predicted molar refractivity (Wildman–Crippen MR) is 113 cm³/mol. The van der Waals surface area contributed by atoms with E-state index in [0.717, 1.165) is 38.6 Å². The average molecular weight is 370 g/mol. The molecular formula is C23H47NO2. The molecule has 0 heterocycles. The minimum absolute atomic E-state index is 0.0209. The first-order valence-corrected chi connectivity index (χ1v) is 11.7. The van der Waals surface area contributed by atoms with Crippen LogP contribution in [0.1, 0.15) is 129 Å². The summed E-state index contributed by atoms with van der Waals surface area (Å²) >= 11 is 0. The molecule has 0 saturated heterocycles. The van der Waals surface area contributed by atoms with Gasteiger partial charge in [-0.3, -0.25) is 4.79 Å². The average Bonchev–Trinajstić information content (AvgIpc) is 2.64. The van der Waals surface area contributed by atoms with Gasteiger partial charge in [0.1, 0.15) is 0 Å². The summed E-state index contributed by atoms with van der Waals surface area (Å²) in [6.07, 6.45) is 23.7. The summed E-state index contributed by atoms with van der Waals surface area (Å²) in [7, 11) is 0. The van der Waals surface area contributed by atoms with E-state index in [4.69, 9.17) is 10.5 Å². The molecule has 156 valence electrons. The van der Waals surface area contributed by atoms with Crippen molar-refractivity contribution in [2.75, 3.05) is 13.2 Å². The van der Waals surface area contributed by atoms with Crippen LogP contribution in [0.5, 0.6) is 0 Å². The Morgan fingerprint density at radius 3 is 1.54 bits per heavy atom. The summed E-state index contributed by atoms with van der Waals surface area (Å²) in [4.78, 5) is 11.6. The van der Waals surface area contributed by atoms with E-state index in [9.17, 15) is 4.79 Å². The molecule has 0 atom stereocenters. The SMILES string of the molecule is CCCCCCCCCCCCCCCCOC(=O)CCCCCCN. The van der Waals surface area contributed by atoms with Crippen molar-refractivity contribution >= 4 is 5.97 Å². The highest BCUT2D eigenvalue weighted by Gasteiger charge is 2.02. The van der Waals surface area contributed by atoms with Crippen molar-refractivity contribution in [3.63, 3.8) is 0 Å². The lowest BCUT2D eigenvalue weighted by molar-refractivity contribution is -0.143. The van der Waals surface area contributed by atoms with Gasteiger partial charge in [0.05, 0.1) is 6.61 Å². The van der Waals surface area contributed by atoms with E-state index in [1.165, 1.54) is 83.5 Å². The maximum absolute atomic E-state index is 11.6. The van der Waals surface area contributed by atoms with E-state index in [0.29, 0.717) is 13.0 Å². The second-order valence-electron chi connectivity index (χ2n) is 7.77. The Morgan fingerprint density at radius 2 is 1.04 bits per heavy atom. The van der Waals surface area contributed by atoms with Crippen molar-refractivity contribution in [1.29, 1.82) is 0 Å². The van der Waals surface area contributed by atoms with Gasteiger partial charge in [-0.1, -0.05) is 103 Å². The van der Waals surface area contributed by atoms with Crippen molar-refractivity contribution < 1.29 is 9.53 Å². The monoisotopic (exact) mass is 369 g/mol. The Labute approximate surface area is 163 Å². The quantitative estimate of drug-likeness (QED) is 0.176. The zero-order valence-electron chi connectivity index (χ0n) is 17.7. The first kappa shape index (κ1) is 25.4. The van der Waals surface area contributed by atoms with Crippen LogP contribution in [-0.4, -0.2) is 19.1 Å². The fraction of sp³-hybridized carbons (Fsp3) is 0.957. The zero-order valence-corrected chi connectivity index (χ0v) is 17.7. The normalized spacial score (nSPS) is 11.0. The van der Waals surface area contributed by atoms with Crippen LogP contribution in [0.25, 0.3) is 0 Å². The predicted octanol–water partition coefficient (Wildman–Crippen LogP) is 6.92. The number of unbranched alkanes of at least 4 members (excludes halogenated alkanes) is 16. The van der Waals surface area contributed by atoms with Gasteiger partial charge in [-0.05, 0) is 25.8 Å². The van der Waals surface area contributed by atoms with Crippen LogP contribution in [0.3, 0.4) is 0 Å². The van der Waals surface area contributed by atoms with Crippen LogP contribution in [0.2, 0.25) is 0 Å².